The van der Waals surface area contributed by atoms with E-state index in [0.717, 1.165) is 0 Å². The smallest absolute Gasteiger partial charge is 0.0823 e. The van der Waals surface area contributed by atoms with Gasteiger partial charge in [-0.05, 0) is 24.7 Å². The highest BCUT2D eigenvalue weighted by molar-refractivity contribution is 4.68. The van der Waals surface area contributed by atoms with Crippen LogP contribution in [0, 0.1) is 11.8 Å². The normalized spacial score (nSPS) is 15.4. The summed E-state index contributed by atoms with van der Waals surface area (Å²) in [7, 11) is 0. The van der Waals surface area contributed by atoms with Crippen molar-refractivity contribution < 1.29 is 30.5 Å². The van der Waals surface area contributed by atoms with Crippen LogP contribution < -0.4 is 0 Å². The highest BCUT2D eigenvalue weighted by Gasteiger charge is 2.19. The molecule has 0 spiro atoms. The third-order valence-electron chi connectivity index (χ3n) is 2.30. The van der Waals surface area contributed by atoms with Crippen LogP contribution in [0.5, 0.6) is 0 Å². The van der Waals surface area contributed by atoms with Crippen molar-refractivity contribution in [2.75, 3.05) is 26.4 Å². The molecule has 0 bridgehead atoms. The molecule has 0 heterocycles. The number of aliphatic hydroxyl groups is 2. The Bertz CT molecular complexity index is 106. The molecule has 86 valence electrons. The summed E-state index contributed by atoms with van der Waals surface area (Å²) in [4.78, 5) is 7.80. The second kappa shape index (κ2) is 9.32. The van der Waals surface area contributed by atoms with Crippen LogP contribution in [0.15, 0.2) is 0 Å². The largest absolute Gasteiger partial charge is 0.396 e. The Labute approximate surface area is 82.6 Å². The SMILES string of the molecule is OC[C@@H](CCOO)[C@@H](CO)CCOO. The van der Waals surface area contributed by atoms with Crippen molar-refractivity contribution in [3.05, 3.63) is 0 Å². The van der Waals surface area contributed by atoms with Crippen LogP contribution in [0.4, 0.5) is 0 Å². The van der Waals surface area contributed by atoms with E-state index in [2.05, 4.69) is 9.78 Å². The summed E-state index contributed by atoms with van der Waals surface area (Å²) < 4.78 is 0. The summed E-state index contributed by atoms with van der Waals surface area (Å²) >= 11 is 0. The summed E-state index contributed by atoms with van der Waals surface area (Å²) in [5.41, 5.74) is 0. The lowest BCUT2D eigenvalue weighted by atomic mass is 9.88. The Morgan fingerprint density at radius 1 is 0.786 bits per heavy atom. The lowest BCUT2D eigenvalue weighted by molar-refractivity contribution is -0.249. The van der Waals surface area contributed by atoms with Crippen molar-refractivity contribution in [1.29, 1.82) is 0 Å². The topological polar surface area (TPSA) is 99.4 Å². The average molecular weight is 210 g/mol. The molecule has 0 aliphatic heterocycles. The van der Waals surface area contributed by atoms with Gasteiger partial charge >= 0.3 is 0 Å². The average Bonchev–Trinajstić information content (AvgIpc) is 2.23. The van der Waals surface area contributed by atoms with Crippen LogP contribution in [-0.2, 0) is 9.78 Å². The van der Waals surface area contributed by atoms with Gasteiger partial charge in [-0.1, -0.05) is 0 Å². The van der Waals surface area contributed by atoms with E-state index in [-0.39, 0.29) is 38.3 Å². The van der Waals surface area contributed by atoms with Crippen LogP contribution in [-0.4, -0.2) is 47.2 Å². The van der Waals surface area contributed by atoms with Crippen LogP contribution in [0.25, 0.3) is 0 Å². The maximum absolute atomic E-state index is 9.00. The minimum atomic E-state index is -0.165. The molecule has 0 aromatic carbocycles. The van der Waals surface area contributed by atoms with E-state index in [9.17, 15) is 0 Å². The monoisotopic (exact) mass is 210 g/mol. The predicted octanol–water partition coefficient (Wildman–Crippen LogP) is -0.0372. The number of hydrogen-bond donors (Lipinski definition) is 4. The molecule has 0 fully saturated rings. The van der Waals surface area contributed by atoms with Crippen molar-refractivity contribution in [3.8, 4) is 0 Å². The predicted molar refractivity (Wildman–Crippen MR) is 47.5 cm³/mol. The fraction of sp³-hybridized carbons (Fsp3) is 1.00. The lowest BCUT2D eigenvalue weighted by Gasteiger charge is -2.22. The summed E-state index contributed by atoms with van der Waals surface area (Å²) in [6.45, 7) is 0.0312. The van der Waals surface area contributed by atoms with Gasteiger partial charge in [-0.15, -0.1) is 0 Å². The van der Waals surface area contributed by atoms with Crippen molar-refractivity contribution in [2.45, 2.75) is 12.8 Å². The van der Waals surface area contributed by atoms with Gasteiger partial charge in [-0.25, -0.2) is 9.78 Å². The highest BCUT2D eigenvalue weighted by Crippen LogP contribution is 2.18. The maximum Gasteiger partial charge on any atom is 0.0823 e. The molecule has 0 saturated carbocycles. The van der Waals surface area contributed by atoms with Crippen LogP contribution in [0.3, 0.4) is 0 Å². The maximum atomic E-state index is 9.00. The molecule has 0 rings (SSSR count). The molecular formula is C8H18O6. The minimum Gasteiger partial charge on any atom is -0.396 e. The van der Waals surface area contributed by atoms with E-state index in [1.807, 2.05) is 0 Å². The molecule has 6 nitrogen and oxygen atoms in total. The van der Waals surface area contributed by atoms with Gasteiger partial charge in [-0.3, -0.25) is 10.5 Å². The molecule has 14 heavy (non-hydrogen) atoms. The third-order valence-corrected chi connectivity index (χ3v) is 2.30. The van der Waals surface area contributed by atoms with Gasteiger partial charge in [0.05, 0.1) is 13.2 Å². The van der Waals surface area contributed by atoms with Gasteiger partial charge in [0.15, 0.2) is 0 Å². The Kier molecular flexibility index (Phi) is 9.16. The Hall–Kier alpha value is -0.240. The zero-order valence-electron chi connectivity index (χ0n) is 8.00. The molecule has 6 heteroatoms. The first-order valence-electron chi connectivity index (χ1n) is 4.54. The van der Waals surface area contributed by atoms with Gasteiger partial charge in [0, 0.05) is 13.2 Å². The lowest BCUT2D eigenvalue weighted by Crippen LogP contribution is -2.24. The molecular weight excluding hydrogens is 192 g/mol. The second-order valence-corrected chi connectivity index (χ2v) is 3.13. The first-order valence-corrected chi connectivity index (χ1v) is 4.54. The van der Waals surface area contributed by atoms with Crippen molar-refractivity contribution in [2.24, 2.45) is 11.8 Å². The summed E-state index contributed by atoms with van der Waals surface area (Å²) in [5, 5.41) is 34.3. The van der Waals surface area contributed by atoms with E-state index < -0.39 is 0 Å². The van der Waals surface area contributed by atoms with E-state index in [4.69, 9.17) is 20.7 Å². The molecule has 0 saturated heterocycles. The summed E-state index contributed by atoms with van der Waals surface area (Å²) in [5.74, 6) is -0.329. The van der Waals surface area contributed by atoms with Gasteiger partial charge in [-0.2, -0.15) is 0 Å². The molecule has 0 aromatic heterocycles. The highest BCUT2D eigenvalue weighted by atomic mass is 17.1. The molecule has 0 aromatic rings. The van der Waals surface area contributed by atoms with Gasteiger partial charge < -0.3 is 10.2 Å². The summed E-state index contributed by atoms with van der Waals surface area (Å²) in [6.07, 6.45) is 0.896. The van der Waals surface area contributed by atoms with Crippen LogP contribution >= 0.6 is 0 Å². The standard InChI is InChI=1S/C8H18O6/c9-5-7(1-3-13-11)8(6-10)2-4-14-12/h7-12H,1-6H2/t7-,8-/m1/s1. The Morgan fingerprint density at radius 3 is 1.36 bits per heavy atom. The third kappa shape index (κ3) is 5.48. The van der Waals surface area contributed by atoms with Gasteiger partial charge in [0.25, 0.3) is 0 Å². The number of hydrogen-bond acceptors (Lipinski definition) is 6. The molecule has 4 N–H and O–H groups in total. The van der Waals surface area contributed by atoms with E-state index in [1.54, 1.807) is 0 Å². The van der Waals surface area contributed by atoms with E-state index in [0.29, 0.717) is 12.8 Å². The molecule has 0 amide bonds. The molecule has 0 radical (unpaired) electrons. The quantitative estimate of drug-likeness (QED) is 0.315. The van der Waals surface area contributed by atoms with E-state index in [1.165, 1.54) is 0 Å². The molecule has 0 aliphatic rings. The van der Waals surface area contributed by atoms with Gasteiger partial charge in [0.2, 0.25) is 0 Å². The van der Waals surface area contributed by atoms with Crippen LogP contribution in [0.1, 0.15) is 12.8 Å². The van der Waals surface area contributed by atoms with Crippen molar-refractivity contribution in [3.63, 3.8) is 0 Å². The second-order valence-electron chi connectivity index (χ2n) is 3.13. The minimum absolute atomic E-state index is 0.0972. The fourth-order valence-electron chi connectivity index (χ4n) is 1.36. The number of aliphatic hydroxyl groups excluding tert-OH is 2. The van der Waals surface area contributed by atoms with Crippen molar-refractivity contribution >= 4 is 0 Å². The van der Waals surface area contributed by atoms with Crippen LogP contribution in [0.2, 0.25) is 0 Å². The molecule has 2 atom stereocenters. The molecule has 0 unspecified atom stereocenters. The number of rotatable bonds is 9. The first-order chi connectivity index (χ1) is 6.79. The van der Waals surface area contributed by atoms with E-state index >= 15 is 0 Å². The van der Waals surface area contributed by atoms with Gasteiger partial charge in [0.1, 0.15) is 0 Å². The summed E-state index contributed by atoms with van der Waals surface area (Å²) in [6, 6.07) is 0. The molecule has 0 aliphatic carbocycles. The fourth-order valence-corrected chi connectivity index (χ4v) is 1.36. The Balaban J connectivity index is 3.87. The van der Waals surface area contributed by atoms with Crippen molar-refractivity contribution in [1.82, 2.24) is 0 Å². The zero-order valence-corrected chi connectivity index (χ0v) is 8.00. The Morgan fingerprint density at radius 2 is 1.14 bits per heavy atom. The first kappa shape index (κ1) is 13.8. The zero-order chi connectivity index (χ0) is 10.8.